The third kappa shape index (κ3) is 74.8. The molecule has 2 heterocycles. The Morgan fingerprint density at radius 3 is 0.714 bits per heavy atom. The Morgan fingerprint density at radius 1 is 0.252 bits per heavy atom. The fourth-order valence-corrected chi connectivity index (χ4v) is 22.9. The van der Waals surface area contributed by atoms with E-state index in [2.05, 4.69) is 90.0 Å². The molecule has 0 radical (unpaired) electrons. The van der Waals surface area contributed by atoms with Gasteiger partial charge in [-0.3, -0.25) is 4.79 Å². The normalized spacial score (nSPS) is 20.2. The maximum Gasteiger partial charge on any atom is 0.333 e. The van der Waals surface area contributed by atoms with Crippen LogP contribution in [0.15, 0.2) is 46.6 Å². The van der Waals surface area contributed by atoms with E-state index in [4.69, 9.17) is 37.9 Å². The number of aliphatic hydroxyl groups is 3. The van der Waals surface area contributed by atoms with Gasteiger partial charge in [-0.1, -0.05) is 596 Å². The van der Waals surface area contributed by atoms with Crippen LogP contribution in [0.1, 0.15) is 638 Å². The van der Waals surface area contributed by atoms with Gasteiger partial charge in [-0.15, -0.1) is 0 Å². The fourth-order valence-electron chi connectivity index (χ4n) is 22.9. The highest BCUT2D eigenvalue weighted by Crippen LogP contribution is 2.37. The zero-order chi connectivity index (χ0) is 108. The lowest BCUT2D eigenvalue weighted by molar-refractivity contribution is -0.377. The molecule has 2 rings (SSSR count). The highest BCUT2D eigenvalue weighted by atomic mass is 16.8. The van der Waals surface area contributed by atoms with Gasteiger partial charge in [0.05, 0.1) is 6.61 Å². The highest BCUT2D eigenvalue weighted by Gasteiger charge is 2.56. The van der Waals surface area contributed by atoms with Crippen LogP contribution >= 0.6 is 0 Å². The zero-order valence-electron chi connectivity index (χ0n) is 99.5. The smallest absolute Gasteiger partial charge is 0.333 e. The molecule has 0 aliphatic carbocycles. The van der Waals surface area contributed by atoms with Crippen LogP contribution in [0.25, 0.3) is 0 Å². The number of rotatable bonds is 102. The van der Waals surface area contributed by atoms with Crippen molar-refractivity contribution in [3.8, 4) is 0 Å². The zero-order valence-corrected chi connectivity index (χ0v) is 99.5. The van der Waals surface area contributed by atoms with Crippen molar-refractivity contribution in [2.75, 3.05) is 13.2 Å². The molecule has 2 saturated heterocycles. The molecule has 3 N–H and O–H groups in total. The number of hydrogen-bond acceptors (Lipinski definition) is 16. The minimum Gasteiger partial charge on any atom is -0.459 e. The topological polar surface area (TPSA) is 220 Å². The molecule has 16 heteroatoms. The summed E-state index contributed by atoms with van der Waals surface area (Å²) in [6, 6.07) is 0. The Labute approximate surface area is 908 Å². The van der Waals surface area contributed by atoms with Crippen LogP contribution in [-0.4, -0.2) is 120 Å². The molecule has 862 valence electrons. The quantitative estimate of drug-likeness (QED) is 0.0223. The predicted molar refractivity (Wildman–Crippen MR) is 619 cm³/mol. The molecule has 0 saturated carbocycles. The van der Waals surface area contributed by atoms with E-state index in [0.717, 1.165) is 103 Å². The van der Waals surface area contributed by atoms with E-state index in [1.54, 1.807) is 27.7 Å². The van der Waals surface area contributed by atoms with Gasteiger partial charge in [-0.25, -0.2) is 19.2 Å². The van der Waals surface area contributed by atoms with E-state index in [1.807, 2.05) is 24.3 Å². The van der Waals surface area contributed by atoms with Crippen molar-refractivity contribution in [2.45, 2.75) is 699 Å². The molecule has 16 nitrogen and oxygen atoms in total. The lowest BCUT2D eigenvalue weighted by Crippen LogP contribution is -2.66. The van der Waals surface area contributed by atoms with Crippen molar-refractivity contribution in [3.05, 3.63) is 46.6 Å². The van der Waals surface area contributed by atoms with Crippen LogP contribution in [0, 0.1) is 47.3 Å². The molecular formula is C131H242O16. The summed E-state index contributed by atoms with van der Waals surface area (Å²) in [5, 5.41) is 37.5. The SMILES string of the molecule is CCCCCCCCCCCCCCCCCCC[C@H](C)C[C@H](C)/C=C(\C)C(=O)O[C@H]1C(O)[C@H](OC(=O)/C(C)=C/[C@@H](C)C[C@@H](C)CCCCCCCCCCCCCCCC)C(CO)O[C@@H]1O[C@H]1OC(COC(=O)/C(C)=C/[C@@H](C)C[C@@H](C)CCCCCCCCCCCCCCCC)[C@@H](O)C(OC(=O)/C(C)=C/[C@@H](C)C[C@@H](C)CCCCCCCCCCCCCCCC)[C@H]1OC(=O)CCCCCCCCCCCCCCC. The molecule has 0 aromatic heterocycles. The van der Waals surface area contributed by atoms with Gasteiger partial charge < -0.3 is 53.2 Å². The number of esters is 5. The van der Waals surface area contributed by atoms with Gasteiger partial charge in [0.25, 0.3) is 0 Å². The molecular weight excluding hydrogens is 1830 g/mol. The van der Waals surface area contributed by atoms with E-state index < -0.39 is 104 Å². The van der Waals surface area contributed by atoms with Crippen molar-refractivity contribution in [1.82, 2.24) is 0 Å². The van der Waals surface area contributed by atoms with Crippen LogP contribution in [0.3, 0.4) is 0 Å². The molecule has 0 spiro atoms. The average Bonchev–Trinajstić information content (AvgIpc) is 0.768. The second-order valence-corrected chi connectivity index (χ2v) is 47.8. The van der Waals surface area contributed by atoms with E-state index in [9.17, 15) is 29.7 Å². The van der Waals surface area contributed by atoms with Crippen molar-refractivity contribution in [1.29, 1.82) is 0 Å². The number of carbonyl (C=O) groups excluding carboxylic acids is 5. The molecule has 147 heavy (non-hydrogen) atoms. The van der Waals surface area contributed by atoms with E-state index in [1.165, 1.54) is 405 Å². The molecule has 0 aromatic carbocycles. The third-order valence-electron chi connectivity index (χ3n) is 32.0. The van der Waals surface area contributed by atoms with Gasteiger partial charge in [-0.2, -0.15) is 0 Å². The first-order valence-corrected chi connectivity index (χ1v) is 63.9. The predicted octanol–water partition coefficient (Wildman–Crippen LogP) is 37.9. The lowest BCUT2D eigenvalue weighted by atomic mass is 9.91. The van der Waals surface area contributed by atoms with Crippen molar-refractivity contribution >= 4 is 29.8 Å². The molecule has 0 aromatic rings. The summed E-state index contributed by atoms with van der Waals surface area (Å²) in [5.41, 5.74) is 1.18. The lowest BCUT2D eigenvalue weighted by Gasteiger charge is -2.47. The van der Waals surface area contributed by atoms with Gasteiger partial charge in [0.15, 0.2) is 24.4 Å². The van der Waals surface area contributed by atoms with Gasteiger partial charge in [0.1, 0.15) is 31.0 Å². The number of hydrogen-bond donors (Lipinski definition) is 3. The minimum atomic E-state index is -1.92. The van der Waals surface area contributed by atoms with E-state index >= 15 is 9.59 Å². The summed E-state index contributed by atoms with van der Waals surface area (Å²) in [5.74, 6) is -2.17. The maximum atomic E-state index is 15.1. The van der Waals surface area contributed by atoms with Crippen molar-refractivity contribution in [2.24, 2.45) is 47.3 Å². The third-order valence-corrected chi connectivity index (χ3v) is 32.0. The van der Waals surface area contributed by atoms with Crippen LogP contribution < -0.4 is 0 Å². The van der Waals surface area contributed by atoms with E-state index in [-0.39, 0.29) is 41.2 Å². The molecule has 2 aliphatic rings. The molecule has 2 fully saturated rings. The van der Waals surface area contributed by atoms with Crippen molar-refractivity contribution in [3.63, 3.8) is 0 Å². The summed E-state index contributed by atoms with van der Waals surface area (Å²) in [6.45, 7) is 34.2. The van der Waals surface area contributed by atoms with E-state index in [0.29, 0.717) is 41.2 Å². The van der Waals surface area contributed by atoms with Crippen LogP contribution in [0.2, 0.25) is 0 Å². The Kier molecular flexibility index (Phi) is 90.4. The fraction of sp³-hybridized carbons (Fsp3) is 0.901. The first kappa shape index (κ1) is 139. The minimum absolute atomic E-state index is 0.00121. The number of aliphatic hydroxyl groups excluding tert-OH is 3. The summed E-state index contributed by atoms with van der Waals surface area (Å²) >= 11 is 0. The first-order chi connectivity index (χ1) is 71.2. The van der Waals surface area contributed by atoms with Gasteiger partial charge in [0.2, 0.25) is 12.6 Å². The summed E-state index contributed by atoms with van der Waals surface area (Å²) in [7, 11) is 0. The summed E-state index contributed by atoms with van der Waals surface area (Å²) in [4.78, 5) is 74.1. The van der Waals surface area contributed by atoms with Crippen LogP contribution in [0.5, 0.6) is 0 Å². The molecule has 0 amide bonds. The molecule has 0 bridgehead atoms. The Hall–Kier alpha value is -3.93. The maximum absolute atomic E-state index is 15.1. The Balaban J connectivity index is 2.70. The van der Waals surface area contributed by atoms with Gasteiger partial charge >= 0.3 is 29.8 Å². The number of unbranched alkanes of at least 4 members (excludes halogenated alkanes) is 67. The number of ether oxygens (including phenoxy) is 8. The Bertz CT molecular complexity index is 3210. The molecule has 4 unspecified atom stereocenters. The Morgan fingerprint density at radius 2 is 0.463 bits per heavy atom. The van der Waals surface area contributed by atoms with Gasteiger partial charge in [-0.05, 0) is 107 Å². The first-order valence-electron chi connectivity index (χ1n) is 63.9. The van der Waals surface area contributed by atoms with Crippen LogP contribution in [0.4, 0.5) is 0 Å². The average molecular weight is 2070 g/mol. The second-order valence-electron chi connectivity index (χ2n) is 47.8. The highest BCUT2D eigenvalue weighted by molar-refractivity contribution is 5.89. The summed E-state index contributed by atoms with van der Waals surface area (Å²) in [6.07, 6.45) is 89.5. The molecule has 18 atom stereocenters. The second kappa shape index (κ2) is 95.5. The number of allylic oxidation sites excluding steroid dienone is 4. The monoisotopic (exact) mass is 2070 g/mol. The van der Waals surface area contributed by atoms with Gasteiger partial charge in [0, 0.05) is 28.7 Å². The molecule has 2 aliphatic heterocycles. The van der Waals surface area contributed by atoms with Crippen molar-refractivity contribution < 1.29 is 77.2 Å². The van der Waals surface area contributed by atoms with Crippen LogP contribution in [-0.2, 0) is 61.9 Å². The summed E-state index contributed by atoms with van der Waals surface area (Å²) < 4.78 is 52.2. The largest absolute Gasteiger partial charge is 0.459 e. The standard InChI is InChI=1S/C131H242O16/c1-18-23-28-33-38-43-48-53-57-58-59-64-68-73-78-83-88-93-108(9)98-112(13)102-116(17)129(139)146-124-121(135)122(144-127(137)114(15)100-110(11)96-106(7)91-86-81-76-71-66-62-55-50-45-40-35-30-25-20-3)117(103-132)141-130(124)147-131-125(143-119(133)94-89-84-79-74-69-60-52-47-42-37-32-27-22-5)123(145-128(138)115(16)101-111(12)97-107(8)92-87-82-77-72-67-63-56-51-46-41-36-31-26-21-4)120(134)118(142-131)104-140-126(136)113(14)99-109(10)95-105(6)90-85-80-75-70-65-61-54-49-44-39-34-29-24-19-2/h99-102,105-112,117-118,120-125,130-132,134-135H,18-98,103-104H2,1-17H3/b113-99+,114-100+,115-101+,116-102+/t105-,106-,107-,108-,109-,110-,111-,112-,117?,118?,120+,121?,122+,123?,124-,125+,130+,131+/m0/s1. The number of carbonyl (C=O) groups is 5.